The lowest BCUT2D eigenvalue weighted by atomic mass is 9.85. The Bertz CT molecular complexity index is 1290. The van der Waals surface area contributed by atoms with Crippen LogP contribution in [0.4, 0.5) is 10.5 Å². The fraction of sp³-hybridized carbons (Fsp3) is 0.483. The molecule has 196 valence electrons. The average Bonchev–Trinajstić information content (AvgIpc) is 3.30. The number of aliphatic carboxylic acids is 1. The van der Waals surface area contributed by atoms with Crippen LogP contribution in [0.1, 0.15) is 67.9 Å². The van der Waals surface area contributed by atoms with Gasteiger partial charge in [0.15, 0.2) is 0 Å². The molecule has 2 aromatic carbocycles. The number of aliphatic hydroxyl groups excluding tert-OH is 1. The zero-order chi connectivity index (χ0) is 26.1. The monoisotopic (exact) mass is 505 g/mol. The van der Waals surface area contributed by atoms with Gasteiger partial charge in [0.05, 0.1) is 29.7 Å². The van der Waals surface area contributed by atoms with Gasteiger partial charge in [-0.15, -0.1) is 0 Å². The van der Waals surface area contributed by atoms with Crippen molar-refractivity contribution in [3.8, 4) is 0 Å². The summed E-state index contributed by atoms with van der Waals surface area (Å²) in [5, 5.41) is 20.1. The number of aryl methyl sites for hydroxylation is 1. The molecule has 0 spiro atoms. The van der Waals surface area contributed by atoms with Gasteiger partial charge in [0, 0.05) is 30.7 Å². The molecule has 8 nitrogen and oxygen atoms in total. The van der Waals surface area contributed by atoms with Gasteiger partial charge >= 0.3 is 12.1 Å². The van der Waals surface area contributed by atoms with Crippen LogP contribution in [-0.2, 0) is 22.4 Å². The Kier molecular flexibility index (Phi) is 7.20. The van der Waals surface area contributed by atoms with Crippen molar-refractivity contribution in [3.05, 3.63) is 59.4 Å². The van der Waals surface area contributed by atoms with E-state index < -0.39 is 11.9 Å². The summed E-state index contributed by atoms with van der Waals surface area (Å²) in [5.74, 6) is -0.640. The smallest absolute Gasteiger partial charge is 0.414 e. The third-order valence-corrected chi connectivity index (χ3v) is 8.16. The highest BCUT2D eigenvalue weighted by molar-refractivity contribution is 5.95. The number of amides is 1. The number of hydrogen-bond donors (Lipinski definition) is 2. The van der Waals surface area contributed by atoms with Crippen LogP contribution in [0.15, 0.2) is 42.5 Å². The van der Waals surface area contributed by atoms with Crippen LogP contribution in [0.2, 0.25) is 0 Å². The largest absolute Gasteiger partial charge is 0.481 e. The van der Waals surface area contributed by atoms with E-state index in [1.54, 1.807) is 4.90 Å². The third kappa shape index (κ3) is 4.70. The molecule has 1 aromatic heterocycles. The van der Waals surface area contributed by atoms with Crippen molar-refractivity contribution in [2.75, 3.05) is 18.6 Å². The predicted molar refractivity (Wildman–Crippen MR) is 141 cm³/mol. The minimum absolute atomic E-state index is 0.0112. The van der Waals surface area contributed by atoms with E-state index in [4.69, 9.17) is 9.72 Å². The lowest BCUT2D eigenvalue weighted by Gasteiger charge is -2.34. The normalized spacial score (nSPS) is 22.5. The van der Waals surface area contributed by atoms with Crippen molar-refractivity contribution in [2.45, 2.75) is 69.9 Å². The molecule has 0 saturated heterocycles. The number of anilines is 1. The highest BCUT2D eigenvalue weighted by Gasteiger charge is 2.34. The van der Waals surface area contributed by atoms with Gasteiger partial charge in [0.25, 0.3) is 0 Å². The molecule has 3 aromatic rings. The zero-order valence-corrected chi connectivity index (χ0v) is 21.5. The summed E-state index contributed by atoms with van der Waals surface area (Å²) in [6.07, 6.45) is 5.25. The minimum atomic E-state index is -0.880. The van der Waals surface area contributed by atoms with Crippen molar-refractivity contribution >= 4 is 28.8 Å². The number of methoxy groups -OCH3 is 1. The van der Waals surface area contributed by atoms with E-state index in [-0.39, 0.29) is 37.1 Å². The molecule has 1 aliphatic heterocycles. The van der Waals surface area contributed by atoms with E-state index in [2.05, 4.69) is 4.57 Å². The molecule has 1 aliphatic carbocycles. The first kappa shape index (κ1) is 25.3. The Labute approximate surface area is 216 Å². The molecular weight excluding hydrogens is 470 g/mol. The topological polar surface area (TPSA) is 105 Å². The van der Waals surface area contributed by atoms with Crippen molar-refractivity contribution in [2.24, 2.45) is 5.92 Å². The Balaban J connectivity index is 1.66. The van der Waals surface area contributed by atoms with Crippen LogP contribution in [0.5, 0.6) is 0 Å². The Morgan fingerprint density at radius 3 is 2.62 bits per heavy atom. The minimum Gasteiger partial charge on any atom is -0.481 e. The van der Waals surface area contributed by atoms with E-state index in [0.717, 1.165) is 72.2 Å². The molecule has 1 saturated carbocycles. The summed E-state index contributed by atoms with van der Waals surface area (Å²) in [4.78, 5) is 31.8. The number of aliphatic hydroxyl groups is 1. The first-order chi connectivity index (χ1) is 17.9. The number of hydrogen-bond acceptors (Lipinski definition) is 5. The second kappa shape index (κ2) is 10.5. The quantitative estimate of drug-likeness (QED) is 0.484. The fourth-order valence-electron chi connectivity index (χ4n) is 6.25. The molecule has 37 heavy (non-hydrogen) atoms. The van der Waals surface area contributed by atoms with Crippen molar-refractivity contribution in [3.63, 3.8) is 0 Å². The van der Waals surface area contributed by atoms with Gasteiger partial charge in [-0.25, -0.2) is 9.78 Å². The van der Waals surface area contributed by atoms with Gasteiger partial charge < -0.3 is 19.5 Å². The standard InChI is InChI=1S/C29H35N3O5/c1-18-11-12-22-24(31(18)29(36)37-2)13-14-25-27(22)30-26(32(25)21-10-6-7-19(15-21)17-33)16-23(28(34)35)20-8-4-3-5-9-20/h3-5,8-9,13-14,18-19,21,23,33H,6-7,10-12,15-17H2,1-2H3,(H,34,35)/t18-,19+,21-,23-/m0/s1. The molecule has 2 N–H and O–H groups in total. The summed E-state index contributed by atoms with van der Waals surface area (Å²) >= 11 is 0. The van der Waals surface area contributed by atoms with Crippen molar-refractivity contribution in [1.82, 2.24) is 9.55 Å². The molecular formula is C29H35N3O5. The Hall–Kier alpha value is -3.39. The number of imidazole rings is 1. The summed E-state index contributed by atoms with van der Waals surface area (Å²) in [7, 11) is 1.39. The van der Waals surface area contributed by atoms with Crippen LogP contribution in [-0.4, -0.2) is 51.6 Å². The number of rotatable bonds is 6. The van der Waals surface area contributed by atoms with Crippen molar-refractivity contribution in [1.29, 1.82) is 0 Å². The van der Waals surface area contributed by atoms with Gasteiger partial charge in [-0.3, -0.25) is 9.69 Å². The van der Waals surface area contributed by atoms with Crippen LogP contribution < -0.4 is 4.90 Å². The molecule has 0 radical (unpaired) electrons. The molecule has 4 atom stereocenters. The number of carboxylic acids is 1. The SMILES string of the molecule is COC(=O)N1c2ccc3c(nc(C[C@H](C(=O)O)c4ccccc4)n3[C@H]3CCC[C@@H](CO)C3)c2CC[C@@H]1C. The number of nitrogens with zero attached hydrogens (tertiary/aromatic N) is 3. The molecule has 2 heterocycles. The maximum absolute atomic E-state index is 12.6. The number of ether oxygens (including phenoxy) is 1. The van der Waals surface area contributed by atoms with Gasteiger partial charge in [0.1, 0.15) is 5.82 Å². The molecule has 5 rings (SSSR count). The number of benzene rings is 2. The molecule has 0 unspecified atom stereocenters. The molecule has 0 bridgehead atoms. The van der Waals surface area contributed by atoms with Gasteiger partial charge in [-0.2, -0.15) is 0 Å². The van der Waals surface area contributed by atoms with Crippen LogP contribution in [0.3, 0.4) is 0 Å². The van der Waals surface area contributed by atoms with Crippen molar-refractivity contribution < 1.29 is 24.5 Å². The summed E-state index contributed by atoms with van der Waals surface area (Å²) in [5.41, 5.74) is 4.36. The maximum atomic E-state index is 12.6. The summed E-state index contributed by atoms with van der Waals surface area (Å²) in [6.45, 7) is 2.17. The molecule has 1 fully saturated rings. The van der Waals surface area contributed by atoms with E-state index in [1.165, 1.54) is 7.11 Å². The van der Waals surface area contributed by atoms with Crippen LogP contribution >= 0.6 is 0 Å². The number of fused-ring (bicyclic) bond motifs is 3. The summed E-state index contributed by atoms with van der Waals surface area (Å²) < 4.78 is 7.31. The number of aromatic nitrogens is 2. The fourth-order valence-corrected chi connectivity index (χ4v) is 6.25. The van der Waals surface area contributed by atoms with Gasteiger partial charge in [0.2, 0.25) is 0 Å². The van der Waals surface area contributed by atoms with Crippen LogP contribution in [0.25, 0.3) is 11.0 Å². The maximum Gasteiger partial charge on any atom is 0.414 e. The van der Waals surface area contributed by atoms with E-state index >= 15 is 0 Å². The first-order valence-corrected chi connectivity index (χ1v) is 13.2. The van der Waals surface area contributed by atoms with E-state index in [9.17, 15) is 19.8 Å². The highest BCUT2D eigenvalue weighted by Crippen LogP contribution is 2.41. The molecule has 8 heteroatoms. The second-order valence-corrected chi connectivity index (χ2v) is 10.4. The lowest BCUT2D eigenvalue weighted by Crippen LogP contribution is -2.42. The number of carboxylic acid groups (broad SMARTS) is 1. The lowest BCUT2D eigenvalue weighted by molar-refractivity contribution is -0.138. The predicted octanol–water partition coefficient (Wildman–Crippen LogP) is 5.08. The second-order valence-electron chi connectivity index (χ2n) is 10.4. The average molecular weight is 506 g/mol. The van der Waals surface area contributed by atoms with E-state index in [1.807, 2.05) is 49.4 Å². The third-order valence-electron chi connectivity index (χ3n) is 8.16. The Morgan fingerprint density at radius 1 is 1.14 bits per heavy atom. The highest BCUT2D eigenvalue weighted by atomic mass is 16.5. The zero-order valence-electron chi connectivity index (χ0n) is 21.5. The van der Waals surface area contributed by atoms with E-state index in [0.29, 0.717) is 0 Å². The van der Waals surface area contributed by atoms with Gasteiger partial charge in [-0.1, -0.05) is 36.8 Å². The first-order valence-electron chi connectivity index (χ1n) is 13.2. The summed E-state index contributed by atoms with van der Waals surface area (Å²) in [6, 6.07) is 13.4. The Morgan fingerprint density at radius 2 is 1.92 bits per heavy atom. The number of carbonyl (C=O) groups is 2. The number of carbonyl (C=O) groups excluding carboxylic acids is 1. The molecule has 1 amide bonds. The molecule has 2 aliphatic rings. The van der Waals surface area contributed by atoms with Crippen LogP contribution in [0, 0.1) is 5.92 Å². The van der Waals surface area contributed by atoms with Gasteiger partial charge in [-0.05, 0) is 62.6 Å².